The number of carbonyl (C=O) groups excluding carboxylic acids is 2. The predicted molar refractivity (Wildman–Crippen MR) is 58.9 cm³/mol. The highest BCUT2D eigenvalue weighted by molar-refractivity contribution is 6.05. The lowest BCUT2D eigenvalue weighted by atomic mass is 9.85. The quantitative estimate of drug-likeness (QED) is 0.579. The Morgan fingerprint density at radius 1 is 1.24 bits per heavy atom. The molecule has 1 N–H and O–H groups in total. The molecule has 0 radical (unpaired) electrons. The minimum atomic E-state index is -0.900. The SMILES string of the molecule is O=C(O)CCCN1C(=O)[C@H]2CC=CC[C@@H]2C1=O. The van der Waals surface area contributed by atoms with Gasteiger partial charge in [-0.3, -0.25) is 19.3 Å². The van der Waals surface area contributed by atoms with Crippen molar-refractivity contribution in [3.05, 3.63) is 12.2 Å². The van der Waals surface area contributed by atoms with Crippen LogP contribution in [0, 0.1) is 11.8 Å². The Kier molecular flexibility index (Phi) is 3.26. The Bertz CT molecular complexity index is 362. The fourth-order valence-corrected chi connectivity index (χ4v) is 2.48. The molecule has 1 aliphatic heterocycles. The van der Waals surface area contributed by atoms with Crippen LogP contribution in [0.2, 0.25) is 0 Å². The molecule has 0 aromatic rings. The number of imide groups is 1. The number of carbonyl (C=O) groups is 3. The number of rotatable bonds is 4. The maximum atomic E-state index is 11.9. The van der Waals surface area contributed by atoms with E-state index in [1.165, 1.54) is 4.90 Å². The van der Waals surface area contributed by atoms with E-state index in [9.17, 15) is 14.4 Å². The lowest BCUT2D eigenvalue weighted by Crippen LogP contribution is -2.32. The van der Waals surface area contributed by atoms with Crippen LogP contribution in [0.5, 0.6) is 0 Å². The van der Waals surface area contributed by atoms with Gasteiger partial charge in [0.25, 0.3) is 0 Å². The van der Waals surface area contributed by atoms with Crippen molar-refractivity contribution in [3.63, 3.8) is 0 Å². The maximum absolute atomic E-state index is 11.9. The van der Waals surface area contributed by atoms with Gasteiger partial charge < -0.3 is 5.11 Å². The van der Waals surface area contributed by atoms with Crippen molar-refractivity contribution < 1.29 is 19.5 Å². The van der Waals surface area contributed by atoms with Crippen LogP contribution in [0.1, 0.15) is 25.7 Å². The molecule has 0 spiro atoms. The smallest absolute Gasteiger partial charge is 0.303 e. The van der Waals surface area contributed by atoms with Gasteiger partial charge in [-0.05, 0) is 19.3 Å². The van der Waals surface area contributed by atoms with E-state index in [0.29, 0.717) is 19.3 Å². The Labute approximate surface area is 99.1 Å². The van der Waals surface area contributed by atoms with Crippen LogP contribution < -0.4 is 0 Å². The average molecular weight is 237 g/mol. The second-order valence-corrected chi connectivity index (χ2v) is 4.48. The van der Waals surface area contributed by atoms with Gasteiger partial charge in [0.2, 0.25) is 11.8 Å². The first kappa shape index (κ1) is 11.8. The Morgan fingerprint density at radius 2 is 1.76 bits per heavy atom. The molecule has 0 aromatic carbocycles. The van der Waals surface area contributed by atoms with Crippen molar-refractivity contribution in [1.82, 2.24) is 4.90 Å². The Morgan fingerprint density at radius 3 is 2.24 bits per heavy atom. The van der Waals surface area contributed by atoms with Crippen molar-refractivity contribution in [2.24, 2.45) is 11.8 Å². The number of carboxylic acids is 1. The molecule has 1 heterocycles. The van der Waals surface area contributed by atoms with Gasteiger partial charge in [-0.25, -0.2) is 0 Å². The fraction of sp³-hybridized carbons (Fsp3) is 0.583. The number of likely N-dealkylation sites (tertiary alicyclic amines) is 1. The van der Waals surface area contributed by atoms with Crippen molar-refractivity contribution in [2.45, 2.75) is 25.7 Å². The van der Waals surface area contributed by atoms with Gasteiger partial charge in [-0.1, -0.05) is 12.2 Å². The molecule has 5 nitrogen and oxygen atoms in total. The molecule has 0 bridgehead atoms. The molecular formula is C12H15NO4. The van der Waals surface area contributed by atoms with E-state index in [-0.39, 0.29) is 36.6 Å². The van der Waals surface area contributed by atoms with E-state index in [1.807, 2.05) is 12.2 Å². The van der Waals surface area contributed by atoms with Crippen LogP contribution >= 0.6 is 0 Å². The summed E-state index contributed by atoms with van der Waals surface area (Å²) in [5, 5.41) is 8.53. The second-order valence-electron chi connectivity index (χ2n) is 4.48. The molecular weight excluding hydrogens is 222 g/mol. The number of carboxylic acid groups (broad SMARTS) is 1. The fourth-order valence-electron chi connectivity index (χ4n) is 2.48. The van der Waals surface area contributed by atoms with E-state index in [0.717, 1.165) is 0 Å². The number of hydrogen-bond donors (Lipinski definition) is 1. The van der Waals surface area contributed by atoms with Crippen molar-refractivity contribution in [1.29, 1.82) is 0 Å². The Balaban J connectivity index is 1.98. The molecule has 2 rings (SSSR count). The zero-order valence-corrected chi connectivity index (χ0v) is 9.46. The summed E-state index contributed by atoms with van der Waals surface area (Å²) in [6.45, 7) is 0.233. The van der Waals surface area contributed by atoms with Crippen molar-refractivity contribution >= 4 is 17.8 Å². The molecule has 1 aliphatic carbocycles. The minimum absolute atomic E-state index is 0.00928. The monoisotopic (exact) mass is 237 g/mol. The first-order valence-electron chi connectivity index (χ1n) is 5.83. The first-order valence-corrected chi connectivity index (χ1v) is 5.83. The van der Waals surface area contributed by atoms with Gasteiger partial charge in [-0.2, -0.15) is 0 Å². The van der Waals surface area contributed by atoms with Gasteiger partial charge in [0.15, 0.2) is 0 Å². The molecule has 17 heavy (non-hydrogen) atoms. The van der Waals surface area contributed by atoms with E-state index in [4.69, 9.17) is 5.11 Å². The molecule has 1 fully saturated rings. The summed E-state index contributed by atoms with van der Waals surface area (Å²) >= 11 is 0. The number of amides is 2. The normalized spacial score (nSPS) is 27.4. The Hall–Kier alpha value is -1.65. The third kappa shape index (κ3) is 2.23. The molecule has 2 amide bonds. The van der Waals surface area contributed by atoms with E-state index >= 15 is 0 Å². The number of nitrogens with zero attached hydrogens (tertiary/aromatic N) is 1. The standard InChI is InChI=1S/C12H15NO4/c14-10(15)6-3-7-13-11(16)8-4-1-2-5-9(8)12(13)17/h1-2,8-9H,3-7H2,(H,14,15)/t8-,9-/m0/s1. The summed E-state index contributed by atoms with van der Waals surface area (Å²) in [6.07, 6.45) is 5.46. The van der Waals surface area contributed by atoms with Crippen LogP contribution in [0.3, 0.4) is 0 Å². The van der Waals surface area contributed by atoms with Gasteiger partial charge >= 0.3 is 5.97 Å². The molecule has 5 heteroatoms. The molecule has 0 unspecified atom stereocenters. The van der Waals surface area contributed by atoms with Crippen LogP contribution in [0.25, 0.3) is 0 Å². The van der Waals surface area contributed by atoms with E-state index in [2.05, 4.69) is 0 Å². The number of hydrogen-bond acceptors (Lipinski definition) is 3. The zero-order valence-electron chi connectivity index (χ0n) is 9.46. The second kappa shape index (κ2) is 4.69. The highest BCUT2D eigenvalue weighted by atomic mass is 16.4. The van der Waals surface area contributed by atoms with Crippen molar-refractivity contribution in [2.75, 3.05) is 6.54 Å². The molecule has 2 atom stereocenters. The zero-order chi connectivity index (χ0) is 12.4. The summed E-state index contributed by atoms with van der Waals surface area (Å²) < 4.78 is 0. The molecule has 92 valence electrons. The molecule has 1 saturated heterocycles. The van der Waals surface area contributed by atoms with Crippen LogP contribution in [0.4, 0.5) is 0 Å². The summed E-state index contributed by atoms with van der Waals surface area (Å²) in [7, 11) is 0. The topological polar surface area (TPSA) is 74.7 Å². The molecule has 0 aromatic heterocycles. The third-order valence-corrected chi connectivity index (χ3v) is 3.37. The summed E-state index contributed by atoms with van der Waals surface area (Å²) in [4.78, 5) is 35.5. The molecule has 0 saturated carbocycles. The number of aliphatic carboxylic acids is 1. The predicted octanol–water partition coefficient (Wildman–Crippen LogP) is 0.802. The molecule has 2 aliphatic rings. The number of allylic oxidation sites excluding steroid dienone is 2. The van der Waals surface area contributed by atoms with Crippen LogP contribution in [-0.4, -0.2) is 34.3 Å². The average Bonchev–Trinajstić information content (AvgIpc) is 2.54. The largest absolute Gasteiger partial charge is 0.481 e. The minimum Gasteiger partial charge on any atom is -0.481 e. The number of fused-ring (bicyclic) bond motifs is 1. The maximum Gasteiger partial charge on any atom is 0.303 e. The first-order chi connectivity index (χ1) is 8.11. The lowest BCUT2D eigenvalue weighted by molar-refractivity contribution is -0.142. The lowest BCUT2D eigenvalue weighted by Gasteiger charge is -2.14. The van der Waals surface area contributed by atoms with Gasteiger partial charge in [0.05, 0.1) is 11.8 Å². The van der Waals surface area contributed by atoms with Gasteiger partial charge in [0.1, 0.15) is 0 Å². The summed E-state index contributed by atoms with van der Waals surface area (Å²) in [5.41, 5.74) is 0. The third-order valence-electron chi connectivity index (χ3n) is 3.37. The highest BCUT2D eigenvalue weighted by Crippen LogP contribution is 2.34. The van der Waals surface area contributed by atoms with E-state index < -0.39 is 5.97 Å². The summed E-state index contributed by atoms with van der Waals surface area (Å²) in [6, 6.07) is 0. The van der Waals surface area contributed by atoms with Crippen LogP contribution in [0.15, 0.2) is 12.2 Å². The highest BCUT2D eigenvalue weighted by Gasteiger charge is 2.46. The van der Waals surface area contributed by atoms with Gasteiger partial charge in [-0.15, -0.1) is 0 Å². The van der Waals surface area contributed by atoms with Crippen LogP contribution in [-0.2, 0) is 14.4 Å². The van der Waals surface area contributed by atoms with Crippen molar-refractivity contribution in [3.8, 4) is 0 Å². The van der Waals surface area contributed by atoms with Gasteiger partial charge in [0, 0.05) is 13.0 Å². The van der Waals surface area contributed by atoms with E-state index in [1.54, 1.807) is 0 Å². The summed E-state index contributed by atoms with van der Waals surface area (Å²) in [5.74, 6) is -1.58.